The van der Waals surface area contributed by atoms with E-state index in [0.29, 0.717) is 18.8 Å². The van der Waals surface area contributed by atoms with Crippen LogP contribution in [0.2, 0.25) is 0 Å². The van der Waals surface area contributed by atoms with E-state index >= 15 is 0 Å². The molecule has 1 atom stereocenters. The van der Waals surface area contributed by atoms with E-state index in [1.54, 1.807) is 12.1 Å². The van der Waals surface area contributed by atoms with Crippen molar-refractivity contribution < 1.29 is 14.6 Å². The number of carboxylic acids is 1. The van der Waals surface area contributed by atoms with Gasteiger partial charge < -0.3 is 14.8 Å². The van der Waals surface area contributed by atoms with Gasteiger partial charge in [-0.05, 0) is 29.3 Å². The van der Waals surface area contributed by atoms with Crippen molar-refractivity contribution in [3.63, 3.8) is 0 Å². The molecule has 1 aliphatic rings. The molecule has 4 rings (SSSR count). The van der Waals surface area contributed by atoms with Crippen molar-refractivity contribution >= 4 is 16.9 Å². The quantitative estimate of drug-likeness (QED) is 0.767. The summed E-state index contributed by atoms with van der Waals surface area (Å²) in [6.07, 6.45) is 2.07. The Kier molecular flexibility index (Phi) is 4.26. The first-order chi connectivity index (χ1) is 12.2. The molecule has 3 aromatic rings. The number of rotatable bonds is 4. The van der Waals surface area contributed by atoms with Crippen LogP contribution in [0.15, 0.2) is 54.7 Å². The lowest BCUT2D eigenvalue weighted by molar-refractivity contribution is 0.0242. The van der Waals surface area contributed by atoms with Gasteiger partial charge in [0.2, 0.25) is 0 Å². The Hall–Kier alpha value is -2.63. The van der Waals surface area contributed by atoms with E-state index in [-0.39, 0.29) is 6.04 Å². The molecule has 1 fully saturated rings. The maximum Gasteiger partial charge on any atom is 0.335 e. The predicted octanol–water partition coefficient (Wildman–Crippen LogP) is 3.29. The number of ether oxygens (including phenoxy) is 1. The Morgan fingerprint density at radius 2 is 1.80 bits per heavy atom. The van der Waals surface area contributed by atoms with Crippen LogP contribution in [0.1, 0.15) is 27.5 Å². The number of H-pyrrole nitrogens is 1. The fourth-order valence-corrected chi connectivity index (χ4v) is 3.55. The lowest BCUT2D eigenvalue weighted by Gasteiger charge is -2.35. The summed E-state index contributed by atoms with van der Waals surface area (Å²) in [5, 5.41) is 10.4. The SMILES string of the molecule is O=C(O)c1ccc(C(c2c[nH]c3ccccc23)N2CCOCC2)cc1. The number of nitrogens with one attached hydrogen (secondary N) is 1. The lowest BCUT2D eigenvalue weighted by atomic mass is 9.95. The molecule has 2 N–H and O–H groups in total. The summed E-state index contributed by atoms with van der Waals surface area (Å²) in [6, 6.07) is 15.5. The molecule has 1 unspecified atom stereocenters. The number of para-hydroxylation sites is 1. The molecule has 1 aliphatic heterocycles. The van der Waals surface area contributed by atoms with Crippen LogP contribution in [-0.4, -0.2) is 47.3 Å². The molecule has 128 valence electrons. The molecule has 1 saturated heterocycles. The van der Waals surface area contributed by atoms with Gasteiger partial charge >= 0.3 is 5.97 Å². The van der Waals surface area contributed by atoms with Gasteiger partial charge in [-0.25, -0.2) is 4.79 Å². The normalized spacial score (nSPS) is 16.8. The molecule has 0 aliphatic carbocycles. The Morgan fingerprint density at radius 3 is 2.52 bits per heavy atom. The van der Waals surface area contributed by atoms with E-state index in [2.05, 4.69) is 28.2 Å². The summed E-state index contributed by atoms with van der Waals surface area (Å²) >= 11 is 0. The maximum absolute atomic E-state index is 11.2. The third kappa shape index (κ3) is 3.04. The second kappa shape index (κ2) is 6.70. The van der Waals surface area contributed by atoms with Gasteiger partial charge in [0.05, 0.1) is 24.8 Å². The number of carbonyl (C=O) groups is 1. The largest absolute Gasteiger partial charge is 0.478 e. The van der Waals surface area contributed by atoms with E-state index in [1.165, 1.54) is 10.9 Å². The summed E-state index contributed by atoms with van der Waals surface area (Å²) in [4.78, 5) is 16.9. The van der Waals surface area contributed by atoms with Gasteiger partial charge in [0.15, 0.2) is 0 Å². The van der Waals surface area contributed by atoms with E-state index < -0.39 is 5.97 Å². The zero-order chi connectivity index (χ0) is 17.2. The minimum Gasteiger partial charge on any atom is -0.478 e. The van der Waals surface area contributed by atoms with Crippen LogP contribution in [0.3, 0.4) is 0 Å². The molecule has 1 aromatic heterocycles. The first-order valence-electron chi connectivity index (χ1n) is 8.45. The van der Waals surface area contributed by atoms with Crippen molar-refractivity contribution in [2.75, 3.05) is 26.3 Å². The van der Waals surface area contributed by atoms with E-state index in [4.69, 9.17) is 9.84 Å². The first-order valence-corrected chi connectivity index (χ1v) is 8.45. The molecule has 5 heteroatoms. The number of carboxylic acid groups (broad SMARTS) is 1. The summed E-state index contributed by atoms with van der Waals surface area (Å²) < 4.78 is 5.51. The average Bonchev–Trinajstić information content (AvgIpc) is 3.07. The van der Waals surface area contributed by atoms with Gasteiger partial charge in [0.25, 0.3) is 0 Å². The van der Waals surface area contributed by atoms with E-state index in [0.717, 1.165) is 24.2 Å². The summed E-state index contributed by atoms with van der Waals surface area (Å²) in [6.45, 7) is 3.13. The summed E-state index contributed by atoms with van der Waals surface area (Å²) in [5.74, 6) is -0.901. The highest BCUT2D eigenvalue weighted by Gasteiger charge is 2.26. The van der Waals surface area contributed by atoms with E-state index in [9.17, 15) is 4.79 Å². The highest BCUT2D eigenvalue weighted by molar-refractivity contribution is 5.87. The third-order valence-electron chi connectivity index (χ3n) is 4.80. The number of hydrogen-bond donors (Lipinski definition) is 2. The highest BCUT2D eigenvalue weighted by atomic mass is 16.5. The Bertz CT molecular complexity index is 879. The summed E-state index contributed by atoms with van der Waals surface area (Å²) in [5.41, 5.74) is 3.72. The topological polar surface area (TPSA) is 65.6 Å². The minimum absolute atomic E-state index is 0.0721. The number of aromatic amines is 1. The van der Waals surface area contributed by atoms with Gasteiger partial charge in [-0.1, -0.05) is 30.3 Å². The zero-order valence-corrected chi connectivity index (χ0v) is 13.8. The Morgan fingerprint density at radius 1 is 1.08 bits per heavy atom. The van der Waals surface area contributed by atoms with Crippen molar-refractivity contribution in [1.29, 1.82) is 0 Å². The molecule has 0 spiro atoms. The number of fused-ring (bicyclic) bond motifs is 1. The van der Waals surface area contributed by atoms with Crippen LogP contribution in [0.25, 0.3) is 10.9 Å². The molecular weight excluding hydrogens is 316 g/mol. The van der Waals surface area contributed by atoms with Crippen LogP contribution in [-0.2, 0) is 4.74 Å². The van der Waals surface area contributed by atoms with Crippen LogP contribution in [0.4, 0.5) is 0 Å². The molecule has 2 heterocycles. The highest BCUT2D eigenvalue weighted by Crippen LogP contribution is 2.34. The van der Waals surface area contributed by atoms with E-state index in [1.807, 2.05) is 24.3 Å². The molecule has 2 aromatic carbocycles. The zero-order valence-electron chi connectivity index (χ0n) is 13.8. The second-order valence-electron chi connectivity index (χ2n) is 6.27. The molecular formula is C20H20N2O3. The van der Waals surface area contributed by atoms with Crippen molar-refractivity contribution in [3.8, 4) is 0 Å². The fourth-order valence-electron chi connectivity index (χ4n) is 3.55. The van der Waals surface area contributed by atoms with Crippen LogP contribution >= 0.6 is 0 Å². The fraction of sp³-hybridized carbons (Fsp3) is 0.250. The van der Waals surface area contributed by atoms with Crippen molar-refractivity contribution in [1.82, 2.24) is 9.88 Å². The number of hydrogen-bond acceptors (Lipinski definition) is 3. The number of nitrogens with zero attached hydrogens (tertiary/aromatic N) is 1. The number of benzene rings is 2. The van der Waals surface area contributed by atoms with Crippen LogP contribution in [0.5, 0.6) is 0 Å². The standard InChI is InChI=1S/C20H20N2O3/c23-20(24)15-7-5-14(6-8-15)19(22-9-11-25-12-10-22)17-13-21-18-4-2-1-3-16(17)18/h1-8,13,19,21H,9-12H2,(H,23,24). The molecule has 25 heavy (non-hydrogen) atoms. The third-order valence-corrected chi connectivity index (χ3v) is 4.80. The molecule has 0 saturated carbocycles. The average molecular weight is 336 g/mol. The molecule has 0 bridgehead atoms. The monoisotopic (exact) mass is 336 g/mol. The maximum atomic E-state index is 11.2. The second-order valence-corrected chi connectivity index (χ2v) is 6.27. The van der Waals surface area contributed by atoms with Gasteiger partial charge in [-0.15, -0.1) is 0 Å². The van der Waals surface area contributed by atoms with Crippen molar-refractivity contribution in [2.24, 2.45) is 0 Å². The van der Waals surface area contributed by atoms with Gasteiger partial charge in [-0.2, -0.15) is 0 Å². The van der Waals surface area contributed by atoms with Gasteiger partial charge in [0, 0.05) is 30.2 Å². The van der Waals surface area contributed by atoms with Crippen LogP contribution < -0.4 is 0 Å². The molecule has 0 radical (unpaired) electrons. The number of morpholine rings is 1. The van der Waals surface area contributed by atoms with Gasteiger partial charge in [0.1, 0.15) is 0 Å². The lowest BCUT2D eigenvalue weighted by Crippen LogP contribution is -2.39. The Balaban J connectivity index is 1.80. The summed E-state index contributed by atoms with van der Waals surface area (Å²) in [7, 11) is 0. The number of aromatic nitrogens is 1. The van der Waals surface area contributed by atoms with Gasteiger partial charge in [-0.3, -0.25) is 4.90 Å². The smallest absolute Gasteiger partial charge is 0.335 e. The first kappa shape index (κ1) is 15.9. The van der Waals surface area contributed by atoms with Crippen LogP contribution in [0, 0.1) is 0 Å². The molecule has 0 amide bonds. The van der Waals surface area contributed by atoms with Crippen molar-refractivity contribution in [2.45, 2.75) is 6.04 Å². The predicted molar refractivity (Wildman–Crippen MR) is 95.9 cm³/mol. The molecule has 5 nitrogen and oxygen atoms in total. The Labute approximate surface area is 145 Å². The van der Waals surface area contributed by atoms with Crippen molar-refractivity contribution in [3.05, 3.63) is 71.4 Å². The number of aromatic carboxylic acids is 1. The minimum atomic E-state index is -0.901.